The molecule has 3 aromatic rings. The van der Waals surface area contributed by atoms with Crippen LogP contribution in [0.1, 0.15) is 20.8 Å². The van der Waals surface area contributed by atoms with Crippen LogP contribution in [0.2, 0.25) is 5.15 Å². The molecule has 0 unspecified atom stereocenters. The highest BCUT2D eigenvalue weighted by Crippen LogP contribution is 2.16. The molecule has 0 spiro atoms. The fourth-order valence-electron chi connectivity index (χ4n) is 1.77. The number of primary amides is 1. The zero-order valence-electron chi connectivity index (χ0n) is 10.4. The van der Waals surface area contributed by atoms with Crippen molar-refractivity contribution in [1.29, 1.82) is 0 Å². The number of fused-ring (bicyclic) bond motifs is 1. The van der Waals surface area contributed by atoms with E-state index in [0.717, 1.165) is 0 Å². The summed E-state index contributed by atoms with van der Waals surface area (Å²) in [6.07, 6.45) is 4.27. The topological polar surface area (TPSA) is 131 Å². The van der Waals surface area contributed by atoms with Gasteiger partial charge in [-0.1, -0.05) is 11.6 Å². The lowest BCUT2D eigenvalue weighted by molar-refractivity contribution is 0.0996. The average molecular weight is 306 g/mol. The second-order valence-electron chi connectivity index (χ2n) is 4.04. The number of amides is 2. The standard InChI is InChI=1S/C11H8ClN7O2/c12-7-1-2-19-10(17-7)5(3-15-19)11(21)16-6-4-14-18-8(6)9(13)20/h1-4H,(H2,13,20)(H,14,18)(H,16,21). The molecule has 0 bridgehead atoms. The number of carbonyl (C=O) groups excluding carboxylic acids is 2. The second kappa shape index (κ2) is 4.87. The third kappa shape index (κ3) is 2.30. The predicted molar refractivity (Wildman–Crippen MR) is 73.1 cm³/mol. The number of halogens is 1. The van der Waals surface area contributed by atoms with Crippen LogP contribution in [0, 0.1) is 0 Å². The number of hydrogen-bond donors (Lipinski definition) is 3. The summed E-state index contributed by atoms with van der Waals surface area (Å²) < 4.78 is 1.41. The van der Waals surface area contributed by atoms with Crippen LogP contribution in [0.3, 0.4) is 0 Å². The molecule has 0 aliphatic heterocycles. The number of anilines is 1. The number of aromatic nitrogens is 5. The highest BCUT2D eigenvalue weighted by Gasteiger charge is 2.18. The normalized spacial score (nSPS) is 10.7. The van der Waals surface area contributed by atoms with Crippen LogP contribution >= 0.6 is 11.6 Å². The Morgan fingerprint density at radius 1 is 1.43 bits per heavy atom. The summed E-state index contributed by atoms with van der Waals surface area (Å²) >= 11 is 5.80. The third-order valence-electron chi connectivity index (χ3n) is 2.70. The van der Waals surface area contributed by atoms with Crippen molar-refractivity contribution in [3.63, 3.8) is 0 Å². The highest BCUT2D eigenvalue weighted by molar-refractivity contribution is 6.29. The largest absolute Gasteiger partial charge is 0.364 e. The van der Waals surface area contributed by atoms with Crippen LogP contribution < -0.4 is 11.1 Å². The number of nitrogens with one attached hydrogen (secondary N) is 2. The Morgan fingerprint density at radius 2 is 2.24 bits per heavy atom. The first kappa shape index (κ1) is 13.1. The maximum Gasteiger partial charge on any atom is 0.271 e. The number of nitrogens with two attached hydrogens (primary N) is 1. The van der Waals surface area contributed by atoms with E-state index >= 15 is 0 Å². The first-order valence-corrected chi connectivity index (χ1v) is 6.09. The molecule has 21 heavy (non-hydrogen) atoms. The zero-order valence-corrected chi connectivity index (χ0v) is 11.1. The van der Waals surface area contributed by atoms with Crippen LogP contribution in [-0.2, 0) is 0 Å². The Kier molecular flexibility index (Phi) is 3.03. The minimum absolute atomic E-state index is 0.0641. The maximum atomic E-state index is 12.2. The lowest BCUT2D eigenvalue weighted by atomic mass is 10.3. The van der Waals surface area contributed by atoms with Gasteiger partial charge in [-0.25, -0.2) is 9.50 Å². The first-order chi connectivity index (χ1) is 10.1. The quantitative estimate of drug-likeness (QED) is 0.605. The molecule has 106 valence electrons. The van der Waals surface area contributed by atoms with Gasteiger partial charge >= 0.3 is 0 Å². The van der Waals surface area contributed by atoms with Gasteiger partial charge in [0.1, 0.15) is 10.7 Å². The number of H-pyrrole nitrogens is 1. The number of aromatic amines is 1. The molecule has 0 aliphatic rings. The fourth-order valence-corrected chi connectivity index (χ4v) is 1.91. The van der Waals surface area contributed by atoms with Crippen LogP contribution in [0.5, 0.6) is 0 Å². The van der Waals surface area contributed by atoms with Gasteiger partial charge in [-0.3, -0.25) is 14.7 Å². The van der Waals surface area contributed by atoms with Crippen molar-refractivity contribution < 1.29 is 9.59 Å². The Balaban J connectivity index is 1.96. The average Bonchev–Trinajstić information content (AvgIpc) is 3.04. The third-order valence-corrected chi connectivity index (χ3v) is 2.91. The van der Waals surface area contributed by atoms with Crippen molar-refractivity contribution in [3.05, 3.63) is 41.1 Å². The van der Waals surface area contributed by atoms with Gasteiger partial charge < -0.3 is 11.1 Å². The summed E-state index contributed by atoms with van der Waals surface area (Å²) in [5, 5.41) is 12.8. The Hall–Kier alpha value is -2.94. The van der Waals surface area contributed by atoms with Gasteiger partial charge in [0.05, 0.1) is 11.9 Å². The first-order valence-electron chi connectivity index (χ1n) is 5.71. The highest BCUT2D eigenvalue weighted by atomic mass is 35.5. The summed E-state index contributed by atoms with van der Waals surface area (Å²) in [5.41, 5.74) is 5.75. The minimum atomic E-state index is -0.757. The van der Waals surface area contributed by atoms with Crippen LogP contribution in [0.15, 0.2) is 24.7 Å². The van der Waals surface area contributed by atoms with E-state index in [-0.39, 0.29) is 22.1 Å². The van der Waals surface area contributed by atoms with Crippen LogP contribution in [0.25, 0.3) is 5.65 Å². The van der Waals surface area contributed by atoms with Gasteiger partial charge in [-0.05, 0) is 6.07 Å². The molecule has 2 amide bonds. The number of rotatable bonds is 3. The van der Waals surface area contributed by atoms with Gasteiger partial charge in [0, 0.05) is 12.4 Å². The van der Waals surface area contributed by atoms with Crippen molar-refractivity contribution in [1.82, 2.24) is 24.8 Å². The van der Waals surface area contributed by atoms with E-state index in [9.17, 15) is 9.59 Å². The van der Waals surface area contributed by atoms with E-state index in [1.807, 2.05) is 0 Å². The van der Waals surface area contributed by atoms with Crippen molar-refractivity contribution >= 4 is 34.7 Å². The van der Waals surface area contributed by atoms with E-state index in [4.69, 9.17) is 17.3 Å². The molecular weight excluding hydrogens is 298 g/mol. The summed E-state index contributed by atoms with van der Waals surface area (Å²) in [7, 11) is 0. The summed E-state index contributed by atoms with van der Waals surface area (Å²) in [6.45, 7) is 0. The van der Waals surface area contributed by atoms with Gasteiger partial charge in [-0.2, -0.15) is 10.2 Å². The van der Waals surface area contributed by atoms with Gasteiger partial charge in [0.2, 0.25) is 0 Å². The summed E-state index contributed by atoms with van der Waals surface area (Å²) in [5.74, 6) is -1.27. The fraction of sp³-hybridized carbons (Fsp3) is 0. The molecule has 10 heteroatoms. The van der Waals surface area contributed by atoms with E-state index < -0.39 is 11.8 Å². The monoisotopic (exact) mass is 305 g/mol. The van der Waals surface area contributed by atoms with E-state index in [2.05, 4.69) is 25.6 Å². The van der Waals surface area contributed by atoms with Crippen molar-refractivity contribution in [2.75, 3.05) is 5.32 Å². The smallest absolute Gasteiger partial charge is 0.271 e. The Labute approximate surface area is 122 Å². The van der Waals surface area contributed by atoms with Gasteiger partial charge in [-0.15, -0.1) is 0 Å². The molecule has 0 aliphatic carbocycles. The van der Waals surface area contributed by atoms with E-state index in [1.54, 1.807) is 12.3 Å². The SMILES string of the molecule is NC(=O)c1n[nH]cc1NC(=O)c1cnn2ccc(Cl)nc12. The number of carbonyl (C=O) groups is 2. The maximum absolute atomic E-state index is 12.2. The van der Waals surface area contributed by atoms with Crippen molar-refractivity contribution in [2.45, 2.75) is 0 Å². The minimum Gasteiger partial charge on any atom is -0.364 e. The molecule has 3 heterocycles. The molecule has 0 radical (unpaired) electrons. The Morgan fingerprint density at radius 3 is 3.00 bits per heavy atom. The van der Waals surface area contributed by atoms with Crippen LogP contribution in [-0.4, -0.2) is 36.6 Å². The molecule has 3 rings (SSSR count). The van der Waals surface area contributed by atoms with E-state index in [1.165, 1.54) is 16.9 Å². The molecule has 0 saturated heterocycles. The van der Waals surface area contributed by atoms with Crippen molar-refractivity contribution in [2.24, 2.45) is 5.73 Å². The molecule has 9 nitrogen and oxygen atoms in total. The number of nitrogens with zero attached hydrogens (tertiary/aromatic N) is 4. The van der Waals surface area contributed by atoms with Crippen LogP contribution in [0.4, 0.5) is 5.69 Å². The summed E-state index contributed by atoms with van der Waals surface area (Å²) in [6, 6.07) is 1.55. The number of hydrogen-bond acceptors (Lipinski definition) is 5. The Bertz CT molecular complexity index is 853. The molecule has 3 aromatic heterocycles. The summed E-state index contributed by atoms with van der Waals surface area (Å²) in [4.78, 5) is 27.4. The zero-order chi connectivity index (χ0) is 15.0. The predicted octanol–water partition coefficient (Wildman–Crippen LogP) is 0.457. The van der Waals surface area contributed by atoms with Gasteiger partial charge in [0.15, 0.2) is 11.3 Å². The van der Waals surface area contributed by atoms with Gasteiger partial charge in [0.25, 0.3) is 11.8 Å². The lowest BCUT2D eigenvalue weighted by Crippen LogP contribution is -2.17. The molecule has 0 fully saturated rings. The van der Waals surface area contributed by atoms with E-state index in [0.29, 0.717) is 5.65 Å². The molecule has 0 aromatic carbocycles. The van der Waals surface area contributed by atoms with Crippen molar-refractivity contribution in [3.8, 4) is 0 Å². The second-order valence-corrected chi connectivity index (χ2v) is 4.43. The molecular formula is C11H8ClN7O2. The lowest BCUT2D eigenvalue weighted by Gasteiger charge is -2.02. The molecule has 4 N–H and O–H groups in total. The molecule has 0 atom stereocenters. The molecule has 0 saturated carbocycles.